The third-order valence-corrected chi connectivity index (χ3v) is 5.03. The summed E-state index contributed by atoms with van der Waals surface area (Å²) in [6, 6.07) is 6.39. The van der Waals surface area contributed by atoms with Gasteiger partial charge in [0.1, 0.15) is 11.6 Å². The van der Waals surface area contributed by atoms with Crippen LogP contribution in [-0.2, 0) is 19.5 Å². The lowest BCUT2D eigenvalue weighted by atomic mass is 10.2. The minimum Gasteiger partial charge on any atom is -0.354 e. The molecule has 0 bridgehead atoms. The molecule has 4 rings (SSSR count). The minimum atomic E-state index is -0.236. The highest BCUT2D eigenvalue weighted by Gasteiger charge is 2.14. The quantitative estimate of drug-likeness (QED) is 0.781. The van der Waals surface area contributed by atoms with Gasteiger partial charge in [-0.1, -0.05) is 6.42 Å². The van der Waals surface area contributed by atoms with Crippen LogP contribution in [0.1, 0.15) is 30.9 Å². The standard InChI is InChI=1S/C17H18FN5S/c18-13-7-5-12(6-8-13)14-11-24-17(20-14)19-10-16-22-21-15-4-2-1-3-9-23(15)16/h5-8,11H,1-4,9-10H2,(H,19,20). The number of nitrogens with zero attached hydrogens (tertiary/aromatic N) is 4. The average Bonchev–Trinajstić information content (AvgIpc) is 3.15. The van der Waals surface area contributed by atoms with Crippen LogP contribution in [0.5, 0.6) is 0 Å². The molecule has 124 valence electrons. The van der Waals surface area contributed by atoms with Crippen molar-refractivity contribution in [1.29, 1.82) is 0 Å². The second-order valence-electron chi connectivity index (χ2n) is 5.89. The zero-order valence-corrected chi connectivity index (χ0v) is 14.0. The second-order valence-corrected chi connectivity index (χ2v) is 6.75. The van der Waals surface area contributed by atoms with E-state index in [0.717, 1.165) is 41.0 Å². The summed E-state index contributed by atoms with van der Waals surface area (Å²) in [5, 5.41) is 14.8. The van der Waals surface area contributed by atoms with Crippen LogP contribution >= 0.6 is 11.3 Å². The highest BCUT2D eigenvalue weighted by Crippen LogP contribution is 2.25. The van der Waals surface area contributed by atoms with Crippen LogP contribution in [-0.4, -0.2) is 19.7 Å². The lowest BCUT2D eigenvalue weighted by molar-refractivity contribution is 0.610. The molecule has 3 aromatic rings. The van der Waals surface area contributed by atoms with Gasteiger partial charge in [0.15, 0.2) is 11.0 Å². The van der Waals surface area contributed by atoms with Crippen molar-refractivity contribution in [3.63, 3.8) is 0 Å². The molecule has 0 saturated carbocycles. The molecular formula is C17H18FN5S. The summed E-state index contributed by atoms with van der Waals surface area (Å²) in [4.78, 5) is 4.57. The van der Waals surface area contributed by atoms with Crippen LogP contribution in [0.25, 0.3) is 11.3 Å². The van der Waals surface area contributed by atoms with Gasteiger partial charge in [-0.3, -0.25) is 0 Å². The van der Waals surface area contributed by atoms with E-state index in [9.17, 15) is 4.39 Å². The number of hydrogen-bond acceptors (Lipinski definition) is 5. The van der Waals surface area contributed by atoms with Crippen molar-refractivity contribution in [2.24, 2.45) is 0 Å². The van der Waals surface area contributed by atoms with Crippen LogP contribution < -0.4 is 5.32 Å². The van der Waals surface area contributed by atoms with E-state index in [1.54, 1.807) is 12.1 Å². The van der Waals surface area contributed by atoms with Gasteiger partial charge in [-0.25, -0.2) is 9.37 Å². The number of aromatic nitrogens is 4. The number of halogens is 1. The van der Waals surface area contributed by atoms with E-state index < -0.39 is 0 Å². The number of nitrogens with one attached hydrogen (secondary N) is 1. The van der Waals surface area contributed by atoms with Crippen LogP contribution in [0.15, 0.2) is 29.6 Å². The third kappa shape index (κ3) is 3.17. The largest absolute Gasteiger partial charge is 0.354 e. The van der Waals surface area contributed by atoms with Crippen LogP contribution in [0.2, 0.25) is 0 Å². The van der Waals surface area contributed by atoms with E-state index in [-0.39, 0.29) is 5.82 Å². The fourth-order valence-corrected chi connectivity index (χ4v) is 3.66. The van der Waals surface area contributed by atoms with E-state index in [4.69, 9.17) is 0 Å². The molecule has 0 spiro atoms. The second kappa shape index (κ2) is 6.68. The van der Waals surface area contributed by atoms with Crippen molar-refractivity contribution in [3.05, 3.63) is 47.1 Å². The smallest absolute Gasteiger partial charge is 0.183 e. The predicted octanol–water partition coefficient (Wildman–Crippen LogP) is 3.88. The third-order valence-electron chi connectivity index (χ3n) is 4.23. The topological polar surface area (TPSA) is 55.6 Å². The van der Waals surface area contributed by atoms with Crippen LogP contribution in [0, 0.1) is 5.82 Å². The molecule has 0 fully saturated rings. The highest BCUT2D eigenvalue weighted by atomic mass is 32.1. The maximum absolute atomic E-state index is 13.0. The minimum absolute atomic E-state index is 0.236. The molecule has 24 heavy (non-hydrogen) atoms. The Kier molecular flexibility index (Phi) is 4.25. The number of thiazole rings is 1. The summed E-state index contributed by atoms with van der Waals surface area (Å²) < 4.78 is 15.2. The molecule has 1 aliphatic rings. The lowest BCUT2D eigenvalue weighted by Crippen LogP contribution is -2.10. The summed E-state index contributed by atoms with van der Waals surface area (Å²) in [5.41, 5.74) is 1.76. The molecule has 1 N–H and O–H groups in total. The van der Waals surface area contributed by atoms with Crippen molar-refractivity contribution < 1.29 is 4.39 Å². The van der Waals surface area contributed by atoms with Crippen LogP contribution in [0.4, 0.5) is 9.52 Å². The molecule has 0 aliphatic carbocycles. The number of fused-ring (bicyclic) bond motifs is 1. The molecule has 1 aliphatic heterocycles. The molecule has 3 heterocycles. The van der Waals surface area contributed by atoms with E-state index in [1.165, 1.54) is 42.7 Å². The summed E-state index contributed by atoms with van der Waals surface area (Å²) >= 11 is 1.54. The van der Waals surface area contributed by atoms with Gasteiger partial charge in [0.25, 0.3) is 0 Å². The van der Waals surface area contributed by atoms with Crippen molar-refractivity contribution >= 4 is 16.5 Å². The molecule has 0 unspecified atom stereocenters. The maximum Gasteiger partial charge on any atom is 0.183 e. The first kappa shape index (κ1) is 15.3. The Bertz CT molecular complexity index is 824. The molecule has 2 aromatic heterocycles. The van der Waals surface area contributed by atoms with Gasteiger partial charge >= 0.3 is 0 Å². The number of aryl methyl sites for hydroxylation is 1. The van der Waals surface area contributed by atoms with Crippen molar-refractivity contribution in [2.75, 3.05) is 5.32 Å². The van der Waals surface area contributed by atoms with Crippen molar-refractivity contribution in [3.8, 4) is 11.3 Å². The summed E-state index contributed by atoms with van der Waals surface area (Å²) in [5.74, 6) is 1.82. The molecule has 0 amide bonds. The summed E-state index contributed by atoms with van der Waals surface area (Å²) in [6.45, 7) is 1.61. The molecule has 7 heteroatoms. The van der Waals surface area contributed by atoms with Gasteiger partial charge in [0, 0.05) is 23.9 Å². The Morgan fingerprint density at radius 2 is 2.00 bits per heavy atom. The Balaban J connectivity index is 1.45. The normalized spacial score (nSPS) is 14.2. The van der Waals surface area contributed by atoms with Gasteiger partial charge in [0.2, 0.25) is 0 Å². The van der Waals surface area contributed by atoms with Gasteiger partial charge in [-0.15, -0.1) is 21.5 Å². The van der Waals surface area contributed by atoms with E-state index in [0.29, 0.717) is 6.54 Å². The molecule has 0 radical (unpaired) electrons. The van der Waals surface area contributed by atoms with Gasteiger partial charge in [0.05, 0.1) is 12.2 Å². The number of anilines is 1. The molecule has 0 saturated heterocycles. The van der Waals surface area contributed by atoms with E-state index >= 15 is 0 Å². The Morgan fingerprint density at radius 3 is 2.88 bits per heavy atom. The van der Waals surface area contributed by atoms with Gasteiger partial charge in [-0.05, 0) is 37.1 Å². The zero-order chi connectivity index (χ0) is 16.4. The van der Waals surface area contributed by atoms with Gasteiger partial charge < -0.3 is 9.88 Å². The highest BCUT2D eigenvalue weighted by molar-refractivity contribution is 7.14. The number of rotatable bonds is 4. The van der Waals surface area contributed by atoms with Gasteiger partial charge in [-0.2, -0.15) is 0 Å². The molecule has 0 atom stereocenters. The maximum atomic E-state index is 13.0. The first-order valence-electron chi connectivity index (χ1n) is 8.16. The molecular weight excluding hydrogens is 325 g/mol. The summed E-state index contributed by atoms with van der Waals surface area (Å²) in [6.07, 6.45) is 4.64. The first-order chi connectivity index (χ1) is 11.8. The molecule has 5 nitrogen and oxygen atoms in total. The zero-order valence-electron chi connectivity index (χ0n) is 13.2. The Labute approximate surface area is 143 Å². The average molecular weight is 343 g/mol. The SMILES string of the molecule is Fc1ccc(-c2csc(NCc3nnc4n3CCCCC4)n2)cc1. The Morgan fingerprint density at radius 1 is 1.12 bits per heavy atom. The number of benzene rings is 1. The van der Waals surface area contributed by atoms with E-state index in [2.05, 4.69) is 25.1 Å². The van der Waals surface area contributed by atoms with Crippen molar-refractivity contribution in [2.45, 2.75) is 38.8 Å². The fraction of sp³-hybridized carbons (Fsp3) is 0.353. The lowest BCUT2D eigenvalue weighted by Gasteiger charge is -2.07. The summed E-state index contributed by atoms with van der Waals surface area (Å²) in [7, 11) is 0. The van der Waals surface area contributed by atoms with Crippen LogP contribution in [0.3, 0.4) is 0 Å². The first-order valence-corrected chi connectivity index (χ1v) is 9.04. The molecule has 1 aromatic carbocycles. The Hall–Kier alpha value is -2.28. The van der Waals surface area contributed by atoms with Crippen molar-refractivity contribution in [1.82, 2.24) is 19.7 Å². The monoisotopic (exact) mass is 343 g/mol. The fourth-order valence-electron chi connectivity index (χ4n) is 2.94. The van der Waals surface area contributed by atoms with E-state index in [1.807, 2.05) is 5.38 Å². The predicted molar refractivity (Wildman–Crippen MR) is 92.4 cm³/mol. The number of hydrogen-bond donors (Lipinski definition) is 1.